The van der Waals surface area contributed by atoms with E-state index in [2.05, 4.69) is 0 Å². The van der Waals surface area contributed by atoms with Gasteiger partial charge in [0.2, 0.25) is 0 Å². The van der Waals surface area contributed by atoms with Gasteiger partial charge in [-0.2, -0.15) is 0 Å². The van der Waals surface area contributed by atoms with Gasteiger partial charge in [0, 0.05) is 12.2 Å². The summed E-state index contributed by atoms with van der Waals surface area (Å²) in [5.74, 6) is -2.30. The zero-order valence-corrected chi connectivity index (χ0v) is 8.76. The van der Waals surface area contributed by atoms with Crippen LogP contribution in [-0.2, 0) is 14.4 Å². The van der Waals surface area contributed by atoms with Gasteiger partial charge in [0.25, 0.3) is 11.8 Å². The lowest BCUT2D eigenvalue weighted by molar-refractivity contribution is -0.150. The van der Waals surface area contributed by atoms with Crippen molar-refractivity contribution < 1.29 is 19.5 Å². The van der Waals surface area contributed by atoms with Crippen LogP contribution in [0, 0.1) is 5.92 Å². The van der Waals surface area contributed by atoms with Crippen molar-refractivity contribution in [3.8, 4) is 0 Å². The van der Waals surface area contributed by atoms with E-state index >= 15 is 0 Å². The molecular weight excluding hydrogens is 210 g/mol. The third-order valence-electron chi connectivity index (χ3n) is 3.22. The van der Waals surface area contributed by atoms with Crippen LogP contribution in [0.3, 0.4) is 0 Å². The molecule has 0 saturated heterocycles. The topological polar surface area (TPSA) is 74.7 Å². The first kappa shape index (κ1) is 10.9. The number of carbonyl (C=O) groups is 3. The SMILES string of the molecule is O=C(O)C1CCCCC1N1C(=O)C=CC1=O. The Bertz CT molecular complexity index is 356. The first-order chi connectivity index (χ1) is 7.61. The molecule has 0 spiro atoms. The minimum absolute atomic E-state index is 0.386. The van der Waals surface area contributed by atoms with Crippen molar-refractivity contribution in [2.75, 3.05) is 0 Å². The standard InChI is InChI=1S/C11H13NO4/c13-9-5-6-10(14)12(9)8-4-2-1-3-7(8)11(15)16/h5-8H,1-4H2,(H,15,16). The summed E-state index contributed by atoms with van der Waals surface area (Å²) in [7, 11) is 0. The molecule has 86 valence electrons. The van der Waals surface area contributed by atoms with Crippen LogP contribution in [0.25, 0.3) is 0 Å². The van der Waals surface area contributed by atoms with Gasteiger partial charge in [0.05, 0.1) is 12.0 Å². The molecule has 2 amide bonds. The monoisotopic (exact) mass is 223 g/mol. The highest BCUT2D eigenvalue weighted by Crippen LogP contribution is 2.30. The van der Waals surface area contributed by atoms with Crippen LogP contribution in [-0.4, -0.2) is 33.8 Å². The molecule has 0 radical (unpaired) electrons. The summed E-state index contributed by atoms with van der Waals surface area (Å²) in [6, 6.07) is -0.471. The zero-order chi connectivity index (χ0) is 11.7. The number of carboxylic acid groups (broad SMARTS) is 1. The molecule has 2 rings (SSSR count). The summed E-state index contributed by atoms with van der Waals surface area (Å²) in [5, 5.41) is 9.07. The molecule has 1 heterocycles. The van der Waals surface area contributed by atoms with Crippen molar-refractivity contribution in [2.45, 2.75) is 31.7 Å². The first-order valence-electron chi connectivity index (χ1n) is 5.39. The first-order valence-corrected chi connectivity index (χ1v) is 5.39. The number of hydrogen-bond donors (Lipinski definition) is 1. The minimum Gasteiger partial charge on any atom is -0.481 e. The van der Waals surface area contributed by atoms with E-state index in [9.17, 15) is 14.4 Å². The summed E-state index contributed by atoms with van der Waals surface area (Å²) in [6.45, 7) is 0. The maximum atomic E-state index is 11.5. The van der Waals surface area contributed by atoms with Crippen LogP contribution < -0.4 is 0 Å². The summed E-state index contributed by atoms with van der Waals surface area (Å²) < 4.78 is 0. The number of amides is 2. The quantitative estimate of drug-likeness (QED) is 0.694. The maximum absolute atomic E-state index is 11.5. The van der Waals surface area contributed by atoms with E-state index in [1.807, 2.05) is 0 Å². The van der Waals surface area contributed by atoms with Gasteiger partial charge < -0.3 is 5.11 Å². The van der Waals surface area contributed by atoms with E-state index in [0.717, 1.165) is 17.7 Å². The minimum atomic E-state index is -0.919. The van der Waals surface area contributed by atoms with Gasteiger partial charge in [0.15, 0.2) is 0 Å². The van der Waals surface area contributed by atoms with Gasteiger partial charge in [-0.25, -0.2) is 0 Å². The van der Waals surface area contributed by atoms with Crippen LogP contribution in [0.15, 0.2) is 12.2 Å². The largest absolute Gasteiger partial charge is 0.481 e. The van der Waals surface area contributed by atoms with E-state index in [1.54, 1.807) is 0 Å². The Hall–Kier alpha value is -1.65. The molecule has 1 fully saturated rings. The third kappa shape index (κ3) is 1.73. The van der Waals surface area contributed by atoms with Gasteiger partial charge >= 0.3 is 5.97 Å². The Kier molecular flexibility index (Phi) is 2.77. The van der Waals surface area contributed by atoms with Crippen molar-refractivity contribution >= 4 is 17.8 Å². The van der Waals surface area contributed by atoms with Gasteiger partial charge in [-0.05, 0) is 12.8 Å². The molecule has 0 aromatic heterocycles. The number of carbonyl (C=O) groups excluding carboxylic acids is 2. The normalized spacial score (nSPS) is 29.9. The Morgan fingerprint density at radius 1 is 1.19 bits per heavy atom. The van der Waals surface area contributed by atoms with Crippen LogP contribution in [0.2, 0.25) is 0 Å². The maximum Gasteiger partial charge on any atom is 0.308 e. The molecule has 1 aliphatic carbocycles. The summed E-state index contributed by atoms with van der Waals surface area (Å²) in [4.78, 5) is 35.1. The lowest BCUT2D eigenvalue weighted by Gasteiger charge is -2.34. The molecule has 2 unspecified atom stereocenters. The van der Waals surface area contributed by atoms with E-state index < -0.39 is 17.9 Å². The number of nitrogens with zero attached hydrogens (tertiary/aromatic N) is 1. The summed E-state index contributed by atoms with van der Waals surface area (Å²) in [6.07, 6.45) is 5.25. The smallest absolute Gasteiger partial charge is 0.308 e. The highest BCUT2D eigenvalue weighted by Gasteiger charge is 2.40. The predicted octanol–water partition coefficient (Wildman–Crippen LogP) is 0.555. The molecular formula is C11H13NO4. The van der Waals surface area contributed by atoms with Gasteiger partial charge in [0.1, 0.15) is 0 Å². The van der Waals surface area contributed by atoms with E-state index in [0.29, 0.717) is 12.8 Å². The molecule has 16 heavy (non-hydrogen) atoms. The molecule has 2 atom stereocenters. The van der Waals surface area contributed by atoms with Crippen molar-refractivity contribution in [1.82, 2.24) is 4.90 Å². The number of imide groups is 1. The Morgan fingerprint density at radius 3 is 2.31 bits per heavy atom. The van der Waals surface area contributed by atoms with Crippen LogP contribution in [0.4, 0.5) is 0 Å². The van der Waals surface area contributed by atoms with E-state index in [4.69, 9.17) is 5.11 Å². The molecule has 1 saturated carbocycles. The second-order valence-electron chi connectivity index (χ2n) is 4.18. The number of carboxylic acids is 1. The molecule has 0 bridgehead atoms. The van der Waals surface area contributed by atoms with E-state index in [1.165, 1.54) is 12.2 Å². The molecule has 1 aliphatic heterocycles. The molecule has 0 aromatic carbocycles. The average Bonchev–Trinajstić information content (AvgIpc) is 2.58. The van der Waals surface area contributed by atoms with Crippen LogP contribution >= 0.6 is 0 Å². The Labute approximate surface area is 92.7 Å². The molecule has 1 N–H and O–H groups in total. The lowest BCUT2D eigenvalue weighted by atomic mass is 9.83. The van der Waals surface area contributed by atoms with Gasteiger partial charge in [-0.3, -0.25) is 19.3 Å². The summed E-state index contributed by atoms with van der Waals surface area (Å²) in [5.41, 5.74) is 0. The molecule has 2 aliphatic rings. The molecule has 5 heteroatoms. The summed E-state index contributed by atoms with van der Waals surface area (Å²) >= 11 is 0. The zero-order valence-electron chi connectivity index (χ0n) is 8.76. The molecule has 5 nitrogen and oxygen atoms in total. The molecule has 0 aromatic rings. The fraction of sp³-hybridized carbons (Fsp3) is 0.545. The number of aliphatic carboxylic acids is 1. The van der Waals surface area contributed by atoms with Crippen molar-refractivity contribution in [3.05, 3.63) is 12.2 Å². The van der Waals surface area contributed by atoms with Crippen LogP contribution in [0.5, 0.6) is 0 Å². The Balaban J connectivity index is 2.20. The predicted molar refractivity (Wildman–Crippen MR) is 54.4 cm³/mol. The highest BCUT2D eigenvalue weighted by molar-refractivity contribution is 6.13. The second kappa shape index (κ2) is 4.08. The number of hydrogen-bond acceptors (Lipinski definition) is 3. The van der Waals surface area contributed by atoms with Crippen molar-refractivity contribution in [3.63, 3.8) is 0 Å². The van der Waals surface area contributed by atoms with E-state index in [-0.39, 0.29) is 11.8 Å². The van der Waals surface area contributed by atoms with Crippen molar-refractivity contribution in [2.24, 2.45) is 5.92 Å². The fourth-order valence-electron chi connectivity index (χ4n) is 2.45. The highest BCUT2D eigenvalue weighted by atomic mass is 16.4. The lowest BCUT2D eigenvalue weighted by Crippen LogP contribution is -2.48. The fourth-order valence-corrected chi connectivity index (χ4v) is 2.45. The average molecular weight is 223 g/mol. The van der Waals surface area contributed by atoms with Gasteiger partial charge in [-0.15, -0.1) is 0 Å². The number of rotatable bonds is 2. The van der Waals surface area contributed by atoms with Gasteiger partial charge in [-0.1, -0.05) is 12.8 Å². The van der Waals surface area contributed by atoms with Crippen molar-refractivity contribution in [1.29, 1.82) is 0 Å². The Morgan fingerprint density at radius 2 is 1.75 bits per heavy atom. The third-order valence-corrected chi connectivity index (χ3v) is 3.22. The van der Waals surface area contributed by atoms with Crippen LogP contribution in [0.1, 0.15) is 25.7 Å². The second-order valence-corrected chi connectivity index (χ2v) is 4.18.